The molecule has 102 valence electrons. The molecular formula is C12H23N5O. The van der Waals surface area contributed by atoms with Gasteiger partial charge < -0.3 is 10.1 Å². The van der Waals surface area contributed by atoms with Gasteiger partial charge in [0.25, 0.3) is 0 Å². The second-order valence-electron chi connectivity index (χ2n) is 4.52. The molecule has 1 rings (SSSR count). The number of aryl methyl sites for hydroxylation is 1. The summed E-state index contributed by atoms with van der Waals surface area (Å²) in [6, 6.07) is 2.10. The Morgan fingerprint density at radius 3 is 2.67 bits per heavy atom. The van der Waals surface area contributed by atoms with Gasteiger partial charge in [0.15, 0.2) is 0 Å². The van der Waals surface area contributed by atoms with Gasteiger partial charge in [0.05, 0.1) is 12.6 Å². The highest BCUT2D eigenvalue weighted by atomic mass is 16.5. The van der Waals surface area contributed by atoms with Crippen molar-refractivity contribution >= 4 is 11.8 Å². The van der Waals surface area contributed by atoms with Gasteiger partial charge >= 0.3 is 0 Å². The van der Waals surface area contributed by atoms with Crippen molar-refractivity contribution in [3.8, 4) is 0 Å². The first-order valence-corrected chi connectivity index (χ1v) is 6.23. The minimum Gasteiger partial charge on any atom is -0.380 e. The van der Waals surface area contributed by atoms with Gasteiger partial charge in [-0.05, 0) is 19.8 Å². The Kier molecular flexibility index (Phi) is 5.80. The van der Waals surface area contributed by atoms with E-state index < -0.39 is 0 Å². The summed E-state index contributed by atoms with van der Waals surface area (Å²) >= 11 is 0. The second kappa shape index (κ2) is 7.13. The zero-order valence-electron chi connectivity index (χ0n) is 11.5. The van der Waals surface area contributed by atoms with E-state index >= 15 is 0 Å². The molecule has 0 aliphatic heterocycles. The molecule has 0 spiro atoms. The van der Waals surface area contributed by atoms with Crippen LogP contribution in [0.2, 0.25) is 0 Å². The Morgan fingerprint density at radius 1 is 1.39 bits per heavy atom. The van der Waals surface area contributed by atoms with Crippen LogP contribution < -0.4 is 16.6 Å². The van der Waals surface area contributed by atoms with E-state index in [-0.39, 0.29) is 6.04 Å². The topological polar surface area (TPSA) is 85.1 Å². The van der Waals surface area contributed by atoms with Crippen molar-refractivity contribution in [2.24, 2.45) is 11.8 Å². The van der Waals surface area contributed by atoms with E-state index in [0.29, 0.717) is 25.1 Å². The van der Waals surface area contributed by atoms with Crippen LogP contribution in [0.3, 0.4) is 0 Å². The van der Waals surface area contributed by atoms with Crippen LogP contribution in [0.1, 0.15) is 26.5 Å². The number of rotatable bonds is 7. The van der Waals surface area contributed by atoms with Crippen molar-refractivity contribution in [1.29, 1.82) is 0 Å². The first kappa shape index (κ1) is 14.7. The number of hydrogen-bond acceptors (Lipinski definition) is 6. The summed E-state index contributed by atoms with van der Waals surface area (Å²) in [7, 11) is 0. The standard InChI is InChI=1S/C12H23N5O/c1-5-18-7-10(8(2)3)15-11-6-9(4)14-12(16-11)17-13/h6,8,10H,5,7,13H2,1-4H3,(H2,14,15,16,17). The third-order valence-electron chi connectivity index (χ3n) is 2.62. The molecule has 1 aromatic heterocycles. The Labute approximate surface area is 108 Å². The van der Waals surface area contributed by atoms with E-state index in [1.54, 1.807) is 0 Å². The average Bonchev–Trinajstić information content (AvgIpc) is 2.33. The van der Waals surface area contributed by atoms with Crippen LogP contribution in [0.15, 0.2) is 6.07 Å². The Balaban J connectivity index is 2.76. The van der Waals surface area contributed by atoms with Crippen LogP contribution in [0, 0.1) is 12.8 Å². The van der Waals surface area contributed by atoms with Crippen LogP contribution in [-0.4, -0.2) is 29.2 Å². The van der Waals surface area contributed by atoms with E-state index in [2.05, 4.69) is 34.6 Å². The quantitative estimate of drug-likeness (QED) is 0.505. The molecule has 18 heavy (non-hydrogen) atoms. The maximum absolute atomic E-state index is 5.47. The largest absolute Gasteiger partial charge is 0.380 e. The number of anilines is 2. The summed E-state index contributed by atoms with van der Waals surface area (Å²) in [4.78, 5) is 8.42. The summed E-state index contributed by atoms with van der Waals surface area (Å²) in [5.41, 5.74) is 3.32. The first-order valence-electron chi connectivity index (χ1n) is 6.23. The highest BCUT2D eigenvalue weighted by Crippen LogP contribution is 2.13. The summed E-state index contributed by atoms with van der Waals surface area (Å²) in [6.45, 7) is 9.55. The molecule has 0 radical (unpaired) electrons. The van der Waals surface area contributed by atoms with Gasteiger partial charge in [-0.2, -0.15) is 4.98 Å². The molecule has 0 bridgehead atoms. The van der Waals surface area contributed by atoms with Gasteiger partial charge in [-0.1, -0.05) is 13.8 Å². The first-order chi connectivity index (χ1) is 8.56. The zero-order valence-corrected chi connectivity index (χ0v) is 11.5. The minimum absolute atomic E-state index is 0.213. The predicted molar refractivity (Wildman–Crippen MR) is 73.3 cm³/mol. The molecule has 0 aromatic carbocycles. The van der Waals surface area contributed by atoms with Crippen molar-refractivity contribution in [1.82, 2.24) is 9.97 Å². The van der Waals surface area contributed by atoms with E-state index in [4.69, 9.17) is 10.6 Å². The third kappa shape index (κ3) is 4.46. The molecular weight excluding hydrogens is 230 g/mol. The monoisotopic (exact) mass is 253 g/mol. The highest BCUT2D eigenvalue weighted by Gasteiger charge is 2.14. The summed E-state index contributed by atoms with van der Waals surface area (Å²) in [5, 5.41) is 3.36. The van der Waals surface area contributed by atoms with Crippen molar-refractivity contribution in [2.75, 3.05) is 24.0 Å². The smallest absolute Gasteiger partial charge is 0.239 e. The number of nitrogens with two attached hydrogens (primary N) is 1. The molecule has 0 saturated heterocycles. The minimum atomic E-state index is 0.213. The Morgan fingerprint density at radius 2 is 2.11 bits per heavy atom. The summed E-state index contributed by atoms with van der Waals surface area (Å²) in [6.07, 6.45) is 0. The van der Waals surface area contributed by atoms with Crippen LogP contribution in [0.5, 0.6) is 0 Å². The third-order valence-corrected chi connectivity index (χ3v) is 2.62. The van der Waals surface area contributed by atoms with Crippen molar-refractivity contribution in [3.63, 3.8) is 0 Å². The molecule has 1 atom stereocenters. The highest BCUT2D eigenvalue weighted by molar-refractivity contribution is 5.42. The maximum Gasteiger partial charge on any atom is 0.239 e. The molecule has 6 nitrogen and oxygen atoms in total. The van der Waals surface area contributed by atoms with E-state index in [1.165, 1.54) is 0 Å². The molecule has 0 fully saturated rings. The summed E-state index contributed by atoms with van der Waals surface area (Å²) < 4.78 is 5.47. The molecule has 0 amide bonds. The SMILES string of the molecule is CCOCC(Nc1cc(C)nc(NN)n1)C(C)C. The number of ether oxygens (including phenoxy) is 1. The fourth-order valence-electron chi connectivity index (χ4n) is 1.54. The number of aromatic nitrogens is 2. The molecule has 1 heterocycles. The molecule has 4 N–H and O–H groups in total. The normalized spacial score (nSPS) is 12.6. The van der Waals surface area contributed by atoms with Crippen LogP contribution in [0.25, 0.3) is 0 Å². The molecule has 6 heteroatoms. The fraction of sp³-hybridized carbons (Fsp3) is 0.667. The van der Waals surface area contributed by atoms with Gasteiger partial charge in [0.2, 0.25) is 5.95 Å². The van der Waals surface area contributed by atoms with Crippen LogP contribution in [0.4, 0.5) is 11.8 Å². The number of nitrogen functional groups attached to an aromatic ring is 1. The van der Waals surface area contributed by atoms with Gasteiger partial charge in [-0.25, -0.2) is 10.8 Å². The molecule has 0 aliphatic carbocycles. The lowest BCUT2D eigenvalue weighted by Crippen LogP contribution is -2.31. The fourth-order valence-corrected chi connectivity index (χ4v) is 1.54. The predicted octanol–water partition coefficient (Wildman–Crippen LogP) is 1.54. The Bertz CT molecular complexity index is 369. The van der Waals surface area contributed by atoms with Crippen LogP contribution in [-0.2, 0) is 4.74 Å². The van der Waals surface area contributed by atoms with Gasteiger partial charge in [0.1, 0.15) is 5.82 Å². The number of nitrogens with one attached hydrogen (secondary N) is 2. The maximum atomic E-state index is 5.47. The van der Waals surface area contributed by atoms with Crippen LogP contribution >= 0.6 is 0 Å². The van der Waals surface area contributed by atoms with Crippen molar-refractivity contribution in [2.45, 2.75) is 33.7 Å². The molecule has 0 aliphatic rings. The lowest BCUT2D eigenvalue weighted by molar-refractivity contribution is 0.126. The average molecular weight is 253 g/mol. The zero-order chi connectivity index (χ0) is 13.5. The summed E-state index contributed by atoms with van der Waals surface area (Å²) in [5.74, 6) is 6.95. The van der Waals surface area contributed by atoms with Gasteiger partial charge in [-0.15, -0.1) is 0 Å². The van der Waals surface area contributed by atoms with E-state index in [9.17, 15) is 0 Å². The second-order valence-corrected chi connectivity index (χ2v) is 4.52. The lowest BCUT2D eigenvalue weighted by Gasteiger charge is -2.23. The number of hydrazine groups is 1. The number of hydrogen-bond donors (Lipinski definition) is 3. The lowest BCUT2D eigenvalue weighted by atomic mass is 10.1. The van der Waals surface area contributed by atoms with Crippen molar-refractivity contribution in [3.05, 3.63) is 11.8 Å². The van der Waals surface area contributed by atoms with E-state index in [0.717, 1.165) is 11.5 Å². The molecule has 0 saturated carbocycles. The van der Waals surface area contributed by atoms with Gasteiger partial charge in [-0.3, -0.25) is 5.43 Å². The molecule has 1 unspecified atom stereocenters. The van der Waals surface area contributed by atoms with Crippen molar-refractivity contribution < 1.29 is 4.74 Å². The molecule has 1 aromatic rings. The number of nitrogens with zero attached hydrogens (tertiary/aromatic N) is 2. The Hall–Kier alpha value is -1.40. The van der Waals surface area contributed by atoms with Gasteiger partial charge in [0, 0.05) is 18.4 Å². The van der Waals surface area contributed by atoms with E-state index in [1.807, 2.05) is 19.9 Å².